The first-order valence-electron chi connectivity index (χ1n) is 8.35. The molecule has 27 heavy (non-hydrogen) atoms. The van der Waals surface area contributed by atoms with Crippen LogP contribution in [0, 0.1) is 0 Å². The molecule has 0 fully saturated rings. The summed E-state index contributed by atoms with van der Waals surface area (Å²) < 4.78 is 5.81. The lowest BCUT2D eigenvalue weighted by atomic mass is 10.1. The zero-order chi connectivity index (χ0) is 19.2. The van der Waals surface area contributed by atoms with Gasteiger partial charge in [-0.2, -0.15) is 0 Å². The molecule has 0 saturated heterocycles. The van der Waals surface area contributed by atoms with Crippen LogP contribution in [0.4, 0.5) is 11.4 Å². The number of nitrogens with one attached hydrogen (secondary N) is 1. The lowest BCUT2D eigenvalue weighted by Crippen LogP contribution is -2.19. The number of H-pyrrole nitrogens is 1. The van der Waals surface area contributed by atoms with Crippen LogP contribution in [-0.2, 0) is 6.42 Å². The molecule has 1 aromatic carbocycles. The Bertz CT molecular complexity index is 946. The van der Waals surface area contributed by atoms with Gasteiger partial charge in [0.05, 0.1) is 18.5 Å². The summed E-state index contributed by atoms with van der Waals surface area (Å²) in [6, 6.07) is 11.4. The number of aromatic nitrogens is 3. The minimum absolute atomic E-state index is 0.0176. The molecule has 0 atom stereocenters. The van der Waals surface area contributed by atoms with Crippen molar-refractivity contribution in [2.24, 2.45) is 0 Å². The maximum atomic E-state index is 11.9. The molecule has 8 heteroatoms. The number of aromatic amines is 1. The third kappa shape index (κ3) is 4.78. The molecule has 0 radical (unpaired) electrons. The van der Waals surface area contributed by atoms with Crippen LogP contribution in [0.25, 0.3) is 0 Å². The molecule has 0 saturated carbocycles. The summed E-state index contributed by atoms with van der Waals surface area (Å²) in [7, 11) is 1.78. The Hall–Kier alpha value is -2.57. The minimum atomic E-state index is -0.476. The van der Waals surface area contributed by atoms with Crippen molar-refractivity contribution in [3.63, 3.8) is 0 Å². The van der Waals surface area contributed by atoms with Crippen molar-refractivity contribution in [1.29, 1.82) is 0 Å². The second-order valence-corrected chi connectivity index (χ2v) is 6.68. The van der Waals surface area contributed by atoms with E-state index in [4.69, 9.17) is 27.9 Å². The van der Waals surface area contributed by atoms with E-state index < -0.39 is 5.56 Å². The molecule has 0 aliphatic heterocycles. The molecule has 3 aromatic rings. The van der Waals surface area contributed by atoms with Crippen molar-refractivity contribution in [2.75, 3.05) is 18.6 Å². The number of halogens is 2. The predicted molar refractivity (Wildman–Crippen MR) is 107 cm³/mol. The van der Waals surface area contributed by atoms with Crippen molar-refractivity contribution in [2.45, 2.75) is 12.8 Å². The van der Waals surface area contributed by atoms with Crippen LogP contribution in [0.3, 0.4) is 0 Å². The van der Waals surface area contributed by atoms with Gasteiger partial charge in [-0.15, -0.1) is 5.10 Å². The Labute approximate surface area is 166 Å². The summed E-state index contributed by atoms with van der Waals surface area (Å²) in [4.78, 5) is 17.7. The maximum absolute atomic E-state index is 11.9. The summed E-state index contributed by atoms with van der Waals surface area (Å²) >= 11 is 12.1. The largest absolute Gasteiger partial charge is 0.475 e. The molecule has 2 aromatic heterocycles. The van der Waals surface area contributed by atoms with Crippen molar-refractivity contribution >= 4 is 34.6 Å². The maximum Gasteiger partial charge on any atom is 0.285 e. The number of hydrogen-bond acceptors (Lipinski definition) is 5. The van der Waals surface area contributed by atoms with Gasteiger partial charge in [0, 0.05) is 18.3 Å². The summed E-state index contributed by atoms with van der Waals surface area (Å²) in [5, 5.41) is 7.11. The topological polar surface area (TPSA) is 71.1 Å². The van der Waals surface area contributed by atoms with E-state index in [1.807, 2.05) is 30.3 Å². The van der Waals surface area contributed by atoms with E-state index in [1.165, 1.54) is 5.56 Å². The molecule has 0 unspecified atom stereocenters. The molecular weight excluding hydrogens is 387 g/mol. The summed E-state index contributed by atoms with van der Waals surface area (Å²) in [5.41, 5.74) is 1.86. The van der Waals surface area contributed by atoms with Gasteiger partial charge in [0.1, 0.15) is 10.7 Å². The normalized spacial score (nSPS) is 10.6. The molecular formula is C19H18Cl2N4O2. The Morgan fingerprint density at radius 3 is 2.67 bits per heavy atom. The van der Waals surface area contributed by atoms with Crippen molar-refractivity contribution in [3.8, 4) is 5.88 Å². The van der Waals surface area contributed by atoms with E-state index in [0.29, 0.717) is 17.3 Å². The van der Waals surface area contributed by atoms with Gasteiger partial charge in [0.15, 0.2) is 0 Å². The first-order valence-corrected chi connectivity index (χ1v) is 9.11. The van der Waals surface area contributed by atoms with Gasteiger partial charge in [0.25, 0.3) is 11.4 Å². The molecule has 140 valence electrons. The zero-order valence-electron chi connectivity index (χ0n) is 14.7. The summed E-state index contributed by atoms with van der Waals surface area (Å²) in [6.07, 6.45) is 4.95. The fraction of sp³-hybridized carbons (Fsp3) is 0.211. The van der Waals surface area contributed by atoms with Gasteiger partial charge in [-0.1, -0.05) is 35.3 Å². The summed E-state index contributed by atoms with van der Waals surface area (Å²) in [5.74, 6) is 0.266. The molecule has 3 rings (SSSR count). The number of nitrogens with zero attached hydrogens (tertiary/aromatic N) is 3. The van der Waals surface area contributed by atoms with Crippen molar-refractivity contribution in [3.05, 3.63) is 74.8 Å². The smallest absolute Gasteiger partial charge is 0.285 e. The monoisotopic (exact) mass is 404 g/mol. The predicted octanol–water partition coefficient (Wildman–Crippen LogP) is 4.25. The fourth-order valence-corrected chi connectivity index (χ4v) is 2.95. The van der Waals surface area contributed by atoms with Gasteiger partial charge in [-0.3, -0.25) is 9.78 Å². The zero-order valence-corrected chi connectivity index (χ0v) is 16.2. The van der Waals surface area contributed by atoms with Crippen molar-refractivity contribution < 1.29 is 4.74 Å². The number of ether oxygens (including phenoxy) is 1. The Kier molecular flexibility index (Phi) is 6.32. The quantitative estimate of drug-likeness (QED) is 0.595. The SMILES string of the molecule is CN(c1cccnc1)c1c(OCCCc2ccc(Cl)cc2)n[nH]c(=O)c1Cl. The highest BCUT2D eigenvalue weighted by Gasteiger charge is 2.19. The molecule has 1 N–H and O–H groups in total. The number of aryl methyl sites for hydroxylation is 1. The van der Waals surface area contributed by atoms with Crippen molar-refractivity contribution in [1.82, 2.24) is 15.2 Å². The van der Waals surface area contributed by atoms with E-state index in [2.05, 4.69) is 15.2 Å². The second-order valence-electron chi connectivity index (χ2n) is 5.87. The number of hydrogen-bond donors (Lipinski definition) is 1. The van der Waals surface area contributed by atoms with E-state index in [9.17, 15) is 4.79 Å². The molecule has 0 spiro atoms. The Morgan fingerprint density at radius 2 is 1.96 bits per heavy atom. The lowest BCUT2D eigenvalue weighted by molar-refractivity contribution is 0.296. The van der Waals surface area contributed by atoms with E-state index in [0.717, 1.165) is 18.5 Å². The molecule has 6 nitrogen and oxygen atoms in total. The van der Waals surface area contributed by atoms with Crippen LogP contribution in [0.2, 0.25) is 10.0 Å². The lowest BCUT2D eigenvalue weighted by Gasteiger charge is -2.21. The highest BCUT2D eigenvalue weighted by atomic mass is 35.5. The van der Waals surface area contributed by atoms with Gasteiger partial charge >= 0.3 is 0 Å². The molecule has 2 heterocycles. The average Bonchev–Trinajstić information content (AvgIpc) is 2.69. The van der Waals surface area contributed by atoms with Crippen LogP contribution in [-0.4, -0.2) is 28.8 Å². The molecule has 0 aliphatic rings. The summed E-state index contributed by atoms with van der Waals surface area (Å²) in [6.45, 7) is 0.422. The highest BCUT2D eigenvalue weighted by molar-refractivity contribution is 6.33. The standard InChI is InChI=1S/C19H18Cl2N4O2/c1-25(15-5-2-10-22-12-15)17-16(21)18(26)23-24-19(17)27-11-3-4-13-6-8-14(20)9-7-13/h2,5-10,12H,3-4,11H2,1H3,(H,23,26). The Balaban J connectivity index is 1.72. The third-order valence-electron chi connectivity index (χ3n) is 4.00. The fourth-order valence-electron chi connectivity index (χ4n) is 2.57. The van der Waals surface area contributed by atoms with Gasteiger partial charge in [0.2, 0.25) is 0 Å². The average molecular weight is 405 g/mol. The van der Waals surface area contributed by atoms with Gasteiger partial charge < -0.3 is 9.64 Å². The number of pyridine rings is 1. The molecule has 0 aliphatic carbocycles. The second kappa shape index (κ2) is 8.88. The number of anilines is 2. The molecule has 0 bridgehead atoms. The van der Waals surface area contributed by atoms with Crippen LogP contribution in [0.15, 0.2) is 53.6 Å². The first-order chi connectivity index (χ1) is 13.1. The minimum Gasteiger partial charge on any atom is -0.475 e. The van der Waals surface area contributed by atoms with E-state index in [-0.39, 0.29) is 10.9 Å². The van der Waals surface area contributed by atoms with Crippen LogP contribution >= 0.6 is 23.2 Å². The number of benzene rings is 1. The molecule has 0 amide bonds. The van der Waals surface area contributed by atoms with Crippen LogP contribution in [0.1, 0.15) is 12.0 Å². The van der Waals surface area contributed by atoms with E-state index >= 15 is 0 Å². The van der Waals surface area contributed by atoms with Gasteiger partial charge in [-0.25, -0.2) is 5.10 Å². The van der Waals surface area contributed by atoms with Gasteiger partial charge in [-0.05, 0) is 42.7 Å². The van der Waals surface area contributed by atoms with E-state index in [1.54, 1.807) is 30.4 Å². The highest BCUT2D eigenvalue weighted by Crippen LogP contribution is 2.34. The Morgan fingerprint density at radius 1 is 1.19 bits per heavy atom. The first kappa shape index (κ1) is 19.2. The third-order valence-corrected chi connectivity index (χ3v) is 4.60. The number of rotatable bonds is 7. The van der Waals surface area contributed by atoms with Crippen LogP contribution in [0.5, 0.6) is 5.88 Å². The van der Waals surface area contributed by atoms with Crippen LogP contribution < -0.4 is 15.2 Å².